The molecule has 108 valence electrons. The third-order valence-electron chi connectivity index (χ3n) is 3.56. The molecule has 0 radical (unpaired) electrons. The minimum absolute atomic E-state index is 0.0206. The summed E-state index contributed by atoms with van der Waals surface area (Å²) >= 11 is 0. The van der Waals surface area contributed by atoms with Crippen LogP contribution in [0.4, 0.5) is 8.78 Å². The Morgan fingerprint density at radius 1 is 1.40 bits per heavy atom. The molecule has 2 amide bonds. The second-order valence-corrected chi connectivity index (χ2v) is 5.24. The van der Waals surface area contributed by atoms with Gasteiger partial charge in [-0.1, -0.05) is 30.3 Å². The maximum atomic E-state index is 13.0. The van der Waals surface area contributed by atoms with Crippen LogP contribution in [0.3, 0.4) is 0 Å². The first-order valence-corrected chi connectivity index (χ1v) is 6.29. The van der Waals surface area contributed by atoms with Crippen molar-refractivity contribution in [2.24, 2.45) is 0 Å². The molecule has 2 rings (SSSR count). The largest absolute Gasteiger partial charge is 0.345 e. The lowest BCUT2D eigenvalue weighted by Crippen LogP contribution is -2.53. The van der Waals surface area contributed by atoms with Crippen LogP contribution in [-0.2, 0) is 15.1 Å². The fraction of sp³-hybridized carbons (Fsp3) is 0.429. The molecule has 1 aliphatic rings. The summed E-state index contributed by atoms with van der Waals surface area (Å²) in [5.41, 5.74) is -0.130. The standard InChI is InChI=1S/C14H16F2N2O2/c1-13(9-6-4-3-5-7-9)10(8-11(19)18-13)17-12(20)14(2,15)16/h3-7,10H,8H2,1-2H3,(H,17,20)(H,18,19)/t10-,13+/m0/s1. The van der Waals surface area contributed by atoms with Crippen molar-refractivity contribution in [1.82, 2.24) is 10.6 Å². The number of hydrogen-bond donors (Lipinski definition) is 2. The average Bonchev–Trinajstić information content (AvgIpc) is 2.65. The van der Waals surface area contributed by atoms with Crippen molar-refractivity contribution in [1.29, 1.82) is 0 Å². The fourth-order valence-corrected chi connectivity index (χ4v) is 2.36. The molecule has 4 nitrogen and oxygen atoms in total. The second kappa shape index (κ2) is 4.85. The molecule has 1 aromatic rings. The van der Waals surface area contributed by atoms with E-state index in [1.165, 1.54) is 0 Å². The van der Waals surface area contributed by atoms with Crippen LogP contribution in [-0.4, -0.2) is 23.8 Å². The molecule has 2 atom stereocenters. The minimum atomic E-state index is -3.47. The normalized spacial score (nSPS) is 26.2. The molecule has 1 fully saturated rings. The van der Waals surface area contributed by atoms with E-state index in [1.54, 1.807) is 31.2 Å². The summed E-state index contributed by atoms with van der Waals surface area (Å²) in [5, 5.41) is 5.02. The first-order valence-electron chi connectivity index (χ1n) is 6.29. The molecular formula is C14H16F2N2O2. The summed E-state index contributed by atoms with van der Waals surface area (Å²) in [6.45, 7) is 2.25. The Hall–Kier alpha value is -1.98. The van der Waals surface area contributed by atoms with E-state index < -0.39 is 23.4 Å². The molecule has 2 N–H and O–H groups in total. The Balaban J connectivity index is 2.27. The van der Waals surface area contributed by atoms with E-state index in [4.69, 9.17) is 0 Å². The van der Waals surface area contributed by atoms with Crippen molar-refractivity contribution >= 4 is 11.8 Å². The predicted octanol–water partition coefficient (Wildman–Crippen LogP) is 1.56. The highest BCUT2D eigenvalue weighted by molar-refractivity contribution is 5.86. The number of halogens is 2. The Kier molecular flexibility index (Phi) is 3.50. The summed E-state index contributed by atoms with van der Waals surface area (Å²) in [6.07, 6.45) is -0.0206. The number of benzene rings is 1. The Morgan fingerprint density at radius 2 is 2.00 bits per heavy atom. The quantitative estimate of drug-likeness (QED) is 0.884. The summed E-state index contributed by atoms with van der Waals surface area (Å²) in [7, 11) is 0. The first-order chi connectivity index (χ1) is 9.23. The first kappa shape index (κ1) is 14.4. The van der Waals surface area contributed by atoms with E-state index in [2.05, 4.69) is 10.6 Å². The highest BCUT2D eigenvalue weighted by Gasteiger charge is 2.47. The van der Waals surface area contributed by atoms with Gasteiger partial charge in [-0.05, 0) is 12.5 Å². The topological polar surface area (TPSA) is 58.2 Å². The zero-order valence-corrected chi connectivity index (χ0v) is 11.2. The molecule has 0 saturated carbocycles. The van der Waals surface area contributed by atoms with Gasteiger partial charge in [0.15, 0.2) is 0 Å². The van der Waals surface area contributed by atoms with Crippen molar-refractivity contribution in [2.45, 2.75) is 37.8 Å². The maximum Gasteiger partial charge on any atom is 0.321 e. The number of nitrogens with one attached hydrogen (secondary N) is 2. The highest BCUT2D eigenvalue weighted by atomic mass is 19.3. The maximum absolute atomic E-state index is 13.0. The molecule has 1 aromatic carbocycles. The minimum Gasteiger partial charge on any atom is -0.345 e. The number of rotatable bonds is 3. The van der Waals surface area contributed by atoms with Gasteiger partial charge in [-0.2, -0.15) is 8.78 Å². The molecule has 0 unspecified atom stereocenters. The molecule has 1 saturated heterocycles. The lowest BCUT2D eigenvalue weighted by Gasteiger charge is -2.32. The van der Waals surface area contributed by atoms with Gasteiger partial charge in [0.05, 0.1) is 11.6 Å². The number of alkyl halides is 2. The van der Waals surface area contributed by atoms with E-state index in [9.17, 15) is 18.4 Å². The van der Waals surface area contributed by atoms with Crippen molar-refractivity contribution in [3.05, 3.63) is 35.9 Å². The van der Waals surface area contributed by atoms with E-state index in [0.717, 1.165) is 5.56 Å². The Bertz CT molecular complexity index is 528. The van der Waals surface area contributed by atoms with Crippen molar-refractivity contribution in [3.63, 3.8) is 0 Å². The summed E-state index contributed by atoms with van der Waals surface area (Å²) in [4.78, 5) is 23.1. The predicted molar refractivity (Wildman–Crippen MR) is 69.1 cm³/mol. The molecule has 0 aliphatic carbocycles. The van der Waals surface area contributed by atoms with Gasteiger partial charge < -0.3 is 10.6 Å². The second-order valence-electron chi connectivity index (χ2n) is 5.24. The average molecular weight is 282 g/mol. The third kappa shape index (κ3) is 2.64. The van der Waals surface area contributed by atoms with Gasteiger partial charge in [0.2, 0.25) is 5.91 Å². The third-order valence-corrected chi connectivity index (χ3v) is 3.56. The molecule has 1 heterocycles. The van der Waals surface area contributed by atoms with Crippen LogP contribution in [0.15, 0.2) is 30.3 Å². The van der Waals surface area contributed by atoms with Crippen molar-refractivity contribution < 1.29 is 18.4 Å². The van der Waals surface area contributed by atoms with Crippen molar-refractivity contribution in [2.75, 3.05) is 0 Å². The molecular weight excluding hydrogens is 266 g/mol. The fourth-order valence-electron chi connectivity index (χ4n) is 2.36. The van der Waals surface area contributed by atoms with Crippen molar-refractivity contribution in [3.8, 4) is 0 Å². The van der Waals surface area contributed by atoms with E-state index in [0.29, 0.717) is 6.92 Å². The Labute approximate surface area is 115 Å². The number of hydrogen-bond acceptors (Lipinski definition) is 2. The van der Waals surface area contributed by atoms with Crippen LogP contribution in [0.2, 0.25) is 0 Å². The zero-order valence-electron chi connectivity index (χ0n) is 11.2. The van der Waals surface area contributed by atoms with E-state index >= 15 is 0 Å². The number of carbonyl (C=O) groups is 2. The van der Waals surface area contributed by atoms with E-state index in [-0.39, 0.29) is 12.3 Å². The monoisotopic (exact) mass is 282 g/mol. The Morgan fingerprint density at radius 3 is 2.55 bits per heavy atom. The summed E-state index contributed by atoms with van der Waals surface area (Å²) in [5.74, 6) is -5.12. The van der Waals surface area contributed by atoms with E-state index in [1.807, 2.05) is 6.07 Å². The molecule has 1 aliphatic heterocycles. The van der Waals surface area contributed by atoms with Gasteiger partial charge in [0.1, 0.15) is 0 Å². The van der Waals surface area contributed by atoms with Gasteiger partial charge >= 0.3 is 5.92 Å². The van der Waals surface area contributed by atoms with Crippen LogP contribution < -0.4 is 10.6 Å². The lowest BCUT2D eigenvalue weighted by atomic mass is 9.86. The molecule has 6 heteroatoms. The lowest BCUT2D eigenvalue weighted by molar-refractivity contribution is -0.144. The molecule has 0 aromatic heterocycles. The van der Waals surface area contributed by atoms with Crippen LogP contribution in [0.25, 0.3) is 0 Å². The summed E-state index contributed by atoms with van der Waals surface area (Å²) in [6, 6.07) is 8.26. The van der Waals surface area contributed by atoms with Gasteiger partial charge in [-0.3, -0.25) is 9.59 Å². The van der Waals surface area contributed by atoms with Gasteiger partial charge in [0, 0.05) is 13.3 Å². The zero-order chi connectivity index (χ0) is 15.0. The number of amides is 2. The van der Waals surface area contributed by atoms with Gasteiger partial charge in [0.25, 0.3) is 5.91 Å². The van der Waals surface area contributed by atoms with Gasteiger partial charge in [-0.15, -0.1) is 0 Å². The molecule has 20 heavy (non-hydrogen) atoms. The molecule has 0 bridgehead atoms. The van der Waals surface area contributed by atoms with Crippen LogP contribution in [0.5, 0.6) is 0 Å². The number of carbonyl (C=O) groups excluding carboxylic acids is 2. The smallest absolute Gasteiger partial charge is 0.321 e. The van der Waals surface area contributed by atoms with Gasteiger partial charge in [-0.25, -0.2) is 0 Å². The van der Waals surface area contributed by atoms with Crippen LogP contribution >= 0.6 is 0 Å². The van der Waals surface area contributed by atoms with Crippen LogP contribution in [0, 0.1) is 0 Å². The highest BCUT2D eigenvalue weighted by Crippen LogP contribution is 2.31. The summed E-state index contributed by atoms with van der Waals surface area (Å²) < 4.78 is 26.0. The van der Waals surface area contributed by atoms with Crippen LogP contribution in [0.1, 0.15) is 25.8 Å². The SMILES string of the molecule is CC(F)(F)C(=O)N[C@H]1CC(=O)N[C@]1(C)c1ccccc1. The molecule has 0 spiro atoms.